The zero-order valence-corrected chi connectivity index (χ0v) is 18.3. The zero-order valence-electron chi connectivity index (χ0n) is 16.7. The summed E-state index contributed by atoms with van der Waals surface area (Å²) in [5.41, 5.74) is 2.36. The number of carbonyl (C=O) groups is 1. The number of benzene rings is 2. The number of nitrogens with one attached hydrogen (secondary N) is 1. The van der Waals surface area contributed by atoms with Crippen LogP contribution in [0.4, 0.5) is 0 Å². The van der Waals surface area contributed by atoms with Crippen molar-refractivity contribution in [2.45, 2.75) is 31.9 Å². The minimum atomic E-state index is -0.279. The first-order valence-electron chi connectivity index (χ1n) is 9.97. The first-order valence-corrected chi connectivity index (χ1v) is 10.8. The van der Waals surface area contributed by atoms with Crippen LogP contribution in [0.3, 0.4) is 0 Å². The maximum atomic E-state index is 13.0. The average Bonchev–Trinajstić information content (AvgIpc) is 3.54. The fraction of sp³-hybridized carbons (Fsp3) is 0.250. The Balaban J connectivity index is 1.49. The van der Waals surface area contributed by atoms with Crippen molar-refractivity contribution in [1.82, 2.24) is 10.3 Å². The van der Waals surface area contributed by atoms with Crippen LogP contribution >= 0.6 is 15.9 Å². The van der Waals surface area contributed by atoms with Gasteiger partial charge in [0.2, 0.25) is 0 Å². The van der Waals surface area contributed by atoms with Crippen LogP contribution in [-0.2, 0) is 12.1 Å². The van der Waals surface area contributed by atoms with Gasteiger partial charge in [-0.25, -0.2) is 0 Å². The molecule has 1 saturated carbocycles. The van der Waals surface area contributed by atoms with Crippen molar-refractivity contribution in [3.05, 3.63) is 88.2 Å². The molecular formula is C24H23BrN2O3. The maximum Gasteiger partial charge on any atom is 0.252 e. The van der Waals surface area contributed by atoms with Crippen molar-refractivity contribution in [1.29, 1.82) is 0 Å². The molecule has 1 aromatic heterocycles. The van der Waals surface area contributed by atoms with E-state index in [1.165, 1.54) is 0 Å². The van der Waals surface area contributed by atoms with Gasteiger partial charge in [0.05, 0.1) is 12.1 Å². The van der Waals surface area contributed by atoms with Crippen molar-refractivity contribution >= 4 is 21.8 Å². The fourth-order valence-electron chi connectivity index (χ4n) is 3.35. The normalized spacial score (nSPS) is 14.1. The summed E-state index contributed by atoms with van der Waals surface area (Å²) in [6.45, 7) is 2.77. The Morgan fingerprint density at radius 3 is 2.57 bits per heavy atom. The molecule has 1 heterocycles. The van der Waals surface area contributed by atoms with Crippen LogP contribution in [0.15, 0.2) is 71.5 Å². The fourth-order valence-corrected chi connectivity index (χ4v) is 3.62. The number of aromatic nitrogens is 1. The van der Waals surface area contributed by atoms with E-state index in [4.69, 9.17) is 9.47 Å². The second kappa shape index (κ2) is 8.88. The van der Waals surface area contributed by atoms with Crippen molar-refractivity contribution in [2.24, 2.45) is 0 Å². The van der Waals surface area contributed by atoms with Gasteiger partial charge in [0.1, 0.15) is 6.61 Å². The van der Waals surface area contributed by atoms with E-state index in [0.717, 1.165) is 28.4 Å². The molecule has 1 amide bonds. The predicted molar refractivity (Wildman–Crippen MR) is 119 cm³/mol. The maximum absolute atomic E-state index is 13.0. The molecule has 4 rings (SSSR count). The van der Waals surface area contributed by atoms with E-state index >= 15 is 0 Å². The van der Waals surface area contributed by atoms with Gasteiger partial charge in [-0.3, -0.25) is 9.78 Å². The molecule has 1 aliphatic rings. The highest BCUT2D eigenvalue weighted by atomic mass is 79.9. The standard InChI is InChI=1S/C24H23BrN2O3/c1-2-29-22-14-18(5-10-21(22)30-16-17-4-3-13-26-15-17)23(28)27-24(11-12-24)19-6-8-20(25)9-7-19/h3-10,13-15H,2,11-12,16H2,1H3,(H,27,28). The predicted octanol–water partition coefficient (Wildman–Crippen LogP) is 5.24. The molecule has 154 valence electrons. The Morgan fingerprint density at radius 1 is 1.10 bits per heavy atom. The second-order valence-corrected chi connectivity index (χ2v) is 8.20. The number of nitrogens with zero attached hydrogens (tertiary/aromatic N) is 1. The van der Waals surface area contributed by atoms with Crippen LogP contribution in [0.25, 0.3) is 0 Å². The van der Waals surface area contributed by atoms with Crippen molar-refractivity contribution in [3.8, 4) is 11.5 Å². The second-order valence-electron chi connectivity index (χ2n) is 7.29. The smallest absolute Gasteiger partial charge is 0.252 e. The number of hydrogen-bond acceptors (Lipinski definition) is 4. The van der Waals surface area contributed by atoms with E-state index < -0.39 is 0 Å². The number of carbonyl (C=O) groups excluding carboxylic acids is 1. The van der Waals surface area contributed by atoms with Gasteiger partial charge in [0.15, 0.2) is 11.5 Å². The van der Waals surface area contributed by atoms with Crippen LogP contribution in [0, 0.1) is 0 Å². The molecule has 0 radical (unpaired) electrons. The molecule has 0 atom stereocenters. The zero-order chi connectivity index (χ0) is 21.0. The summed E-state index contributed by atoms with van der Waals surface area (Å²) < 4.78 is 12.7. The minimum Gasteiger partial charge on any atom is -0.490 e. The first-order chi connectivity index (χ1) is 14.6. The van der Waals surface area contributed by atoms with Gasteiger partial charge >= 0.3 is 0 Å². The Bertz CT molecular complexity index is 1020. The van der Waals surface area contributed by atoms with E-state index in [-0.39, 0.29) is 11.4 Å². The largest absolute Gasteiger partial charge is 0.490 e. The lowest BCUT2D eigenvalue weighted by Gasteiger charge is -2.19. The minimum absolute atomic E-state index is 0.116. The summed E-state index contributed by atoms with van der Waals surface area (Å²) in [5, 5.41) is 3.21. The van der Waals surface area contributed by atoms with Gasteiger partial charge < -0.3 is 14.8 Å². The van der Waals surface area contributed by atoms with Crippen molar-refractivity contribution < 1.29 is 14.3 Å². The third kappa shape index (κ3) is 4.65. The Morgan fingerprint density at radius 2 is 1.90 bits per heavy atom. The molecule has 1 aliphatic carbocycles. The average molecular weight is 467 g/mol. The Kier molecular flexibility index (Phi) is 6.04. The Hall–Kier alpha value is -2.86. The van der Waals surface area contributed by atoms with E-state index in [1.807, 2.05) is 31.2 Å². The van der Waals surface area contributed by atoms with Crippen LogP contribution in [-0.4, -0.2) is 17.5 Å². The summed E-state index contributed by atoms with van der Waals surface area (Å²) in [5.74, 6) is 1.05. The summed E-state index contributed by atoms with van der Waals surface area (Å²) in [7, 11) is 0. The van der Waals surface area contributed by atoms with Gasteiger partial charge in [-0.2, -0.15) is 0 Å². The highest BCUT2D eigenvalue weighted by Crippen LogP contribution is 2.46. The van der Waals surface area contributed by atoms with Crippen LogP contribution in [0.2, 0.25) is 0 Å². The molecule has 0 unspecified atom stereocenters. The molecule has 1 N–H and O–H groups in total. The molecule has 0 spiro atoms. The van der Waals surface area contributed by atoms with Crippen molar-refractivity contribution in [2.75, 3.05) is 6.61 Å². The summed E-state index contributed by atoms with van der Waals surface area (Å²) >= 11 is 3.46. The summed E-state index contributed by atoms with van der Waals surface area (Å²) in [4.78, 5) is 17.1. The van der Waals surface area contributed by atoms with Gasteiger partial charge in [-0.05, 0) is 61.7 Å². The van der Waals surface area contributed by atoms with E-state index in [2.05, 4.69) is 38.4 Å². The monoisotopic (exact) mass is 466 g/mol. The quantitative estimate of drug-likeness (QED) is 0.492. The molecule has 6 heteroatoms. The van der Waals surface area contributed by atoms with Gasteiger partial charge in [-0.1, -0.05) is 34.1 Å². The van der Waals surface area contributed by atoms with Crippen LogP contribution < -0.4 is 14.8 Å². The molecule has 5 nitrogen and oxygen atoms in total. The summed E-state index contributed by atoms with van der Waals surface area (Å²) in [6.07, 6.45) is 5.36. The van der Waals surface area contributed by atoms with E-state index in [9.17, 15) is 4.79 Å². The highest BCUT2D eigenvalue weighted by molar-refractivity contribution is 9.10. The Labute approximate surface area is 184 Å². The lowest BCUT2D eigenvalue weighted by Crippen LogP contribution is -2.34. The molecule has 1 fully saturated rings. The molecule has 2 aromatic carbocycles. The van der Waals surface area contributed by atoms with Gasteiger partial charge in [-0.15, -0.1) is 0 Å². The molecular weight excluding hydrogens is 444 g/mol. The van der Waals surface area contributed by atoms with Crippen molar-refractivity contribution in [3.63, 3.8) is 0 Å². The number of halogens is 1. The lowest BCUT2D eigenvalue weighted by molar-refractivity contribution is 0.0930. The molecule has 3 aromatic rings. The number of ether oxygens (including phenoxy) is 2. The summed E-state index contributed by atoms with van der Waals surface area (Å²) in [6, 6.07) is 17.2. The van der Waals surface area contributed by atoms with E-state index in [0.29, 0.717) is 30.3 Å². The highest BCUT2D eigenvalue weighted by Gasteiger charge is 2.45. The number of rotatable bonds is 8. The lowest BCUT2D eigenvalue weighted by atomic mass is 10.0. The van der Waals surface area contributed by atoms with Gasteiger partial charge in [0.25, 0.3) is 5.91 Å². The first kappa shape index (κ1) is 20.4. The molecule has 0 saturated heterocycles. The molecule has 0 aliphatic heterocycles. The molecule has 0 bridgehead atoms. The number of pyridine rings is 1. The molecule has 30 heavy (non-hydrogen) atoms. The van der Waals surface area contributed by atoms with Crippen LogP contribution in [0.1, 0.15) is 41.3 Å². The number of hydrogen-bond donors (Lipinski definition) is 1. The van der Waals surface area contributed by atoms with Crippen LogP contribution in [0.5, 0.6) is 11.5 Å². The van der Waals surface area contributed by atoms with E-state index in [1.54, 1.807) is 30.6 Å². The number of amides is 1. The van der Waals surface area contributed by atoms with Gasteiger partial charge in [0, 0.05) is 28.0 Å². The topological polar surface area (TPSA) is 60.5 Å². The third-order valence-corrected chi connectivity index (χ3v) is 5.65. The third-order valence-electron chi connectivity index (χ3n) is 5.12. The SMILES string of the molecule is CCOc1cc(C(=O)NC2(c3ccc(Br)cc3)CC2)ccc1OCc1cccnc1.